The Morgan fingerprint density at radius 3 is 2.93 bits per heavy atom. The Kier molecular flexibility index (Phi) is 2.28. The molecule has 0 amide bonds. The minimum Gasteiger partial charge on any atom is -0.497 e. The van der Waals surface area contributed by atoms with E-state index in [1.54, 1.807) is 25.4 Å². The van der Waals surface area contributed by atoms with Crippen LogP contribution < -0.4 is 10.5 Å². The van der Waals surface area contributed by atoms with Gasteiger partial charge in [-0.15, -0.1) is 10.2 Å². The first-order valence-corrected chi connectivity index (χ1v) is 4.70. The van der Waals surface area contributed by atoms with Crippen molar-refractivity contribution in [3.63, 3.8) is 0 Å². The van der Waals surface area contributed by atoms with Crippen molar-refractivity contribution in [1.82, 2.24) is 15.2 Å². The van der Waals surface area contributed by atoms with Gasteiger partial charge in [0.1, 0.15) is 11.4 Å². The van der Waals surface area contributed by atoms with E-state index in [1.165, 1.54) is 11.3 Å². The van der Waals surface area contributed by atoms with Crippen LogP contribution in [0.5, 0.6) is 5.75 Å². The fourth-order valence-electron chi connectivity index (χ4n) is 0.993. The highest BCUT2D eigenvalue weighted by Crippen LogP contribution is 2.24. The van der Waals surface area contributed by atoms with Gasteiger partial charge in [0.2, 0.25) is 5.13 Å². The highest BCUT2D eigenvalue weighted by Gasteiger charge is 2.06. The normalized spacial score (nSPS) is 10.1. The number of nitrogens with two attached hydrogens (primary N) is 1. The number of methoxy groups -OCH3 is 1. The van der Waals surface area contributed by atoms with Crippen LogP contribution in [0.4, 0.5) is 5.13 Å². The van der Waals surface area contributed by atoms with E-state index in [-0.39, 0.29) is 0 Å². The number of anilines is 1. The fourth-order valence-corrected chi connectivity index (χ4v) is 1.57. The van der Waals surface area contributed by atoms with Crippen LogP contribution >= 0.6 is 11.3 Å². The van der Waals surface area contributed by atoms with Crippen LogP contribution in [0.1, 0.15) is 0 Å². The predicted octanol–water partition coefficient (Wildman–Crippen LogP) is 1.19. The van der Waals surface area contributed by atoms with Crippen molar-refractivity contribution in [1.29, 1.82) is 0 Å². The quantitative estimate of drug-likeness (QED) is 0.802. The van der Waals surface area contributed by atoms with Crippen LogP contribution in [-0.2, 0) is 0 Å². The second-order valence-electron chi connectivity index (χ2n) is 2.53. The number of nitrogens with zero attached hydrogens (tertiary/aromatic N) is 3. The van der Waals surface area contributed by atoms with Gasteiger partial charge in [0.25, 0.3) is 0 Å². The molecule has 2 rings (SSSR count). The molecule has 0 saturated carbocycles. The topological polar surface area (TPSA) is 73.9 Å². The lowest BCUT2D eigenvalue weighted by molar-refractivity contribution is 0.414. The van der Waals surface area contributed by atoms with Crippen LogP contribution in [0.2, 0.25) is 0 Å². The summed E-state index contributed by atoms with van der Waals surface area (Å²) in [5.41, 5.74) is 6.19. The van der Waals surface area contributed by atoms with Gasteiger partial charge in [-0.05, 0) is 6.07 Å². The maximum Gasteiger partial charge on any atom is 0.203 e. The van der Waals surface area contributed by atoms with E-state index in [0.717, 1.165) is 11.4 Å². The van der Waals surface area contributed by atoms with Crippen molar-refractivity contribution < 1.29 is 4.74 Å². The number of rotatable bonds is 2. The first kappa shape index (κ1) is 8.89. The molecule has 72 valence electrons. The van der Waals surface area contributed by atoms with Crippen LogP contribution in [-0.4, -0.2) is 22.3 Å². The zero-order chi connectivity index (χ0) is 9.97. The third-order valence-corrected chi connectivity index (χ3v) is 2.40. The molecule has 14 heavy (non-hydrogen) atoms. The van der Waals surface area contributed by atoms with E-state index in [0.29, 0.717) is 10.1 Å². The number of hydrogen-bond donors (Lipinski definition) is 1. The zero-order valence-corrected chi connectivity index (χ0v) is 8.28. The molecule has 0 aliphatic carbocycles. The number of hydrogen-bond acceptors (Lipinski definition) is 6. The molecule has 0 aliphatic rings. The standard InChI is InChI=1S/C8H8N4OS/c1-13-5-2-3-10-6(4-5)7-11-12-8(9)14-7/h2-4H,1H3,(H2,9,12). The third kappa shape index (κ3) is 1.64. The van der Waals surface area contributed by atoms with E-state index in [9.17, 15) is 0 Å². The van der Waals surface area contributed by atoms with E-state index in [4.69, 9.17) is 10.5 Å². The minimum atomic E-state index is 0.435. The average Bonchev–Trinajstić information content (AvgIpc) is 2.65. The molecular weight excluding hydrogens is 200 g/mol. The lowest BCUT2D eigenvalue weighted by Crippen LogP contribution is -1.86. The summed E-state index contributed by atoms with van der Waals surface area (Å²) in [6, 6.07) is 3.56. The molecule has 0 saturated heterocycles. The lowest BCUT2D eigenvalue weighted by atomic mass is 10.3. The van der Waals surface area contributed by atoms with Gasteiger partial charge in [0.05, 0.1) is 7.11 Å². The smallest absolute Gasteiger partial charge is 0.203 e. The molecular formula is C8H8N4OS. The van der Waals surface area contributed by atoms with Crippen molar-refractivity contribution in [3.05, 3.63) is 18.3 Å². The van der Waals surface area contributed by atoms with Crippen LogP contribution in [0.25, 0.3) is 10.7 Å². The van der Waals surface area contributed by atoms with E-state index < -0.39 is 0 Å². The maximum atomic E-state index is 5.47. The monoisotopic (exact) mass is 208 g/mol. The molecule has 5 nitrogen and oxygen atoms in total. The highest BCUT2D eigenvalue weighted by molar-refractivity contribution is 7.18. The van der Waals surface area contributed by atoms with Crippen molar-refractivity contribution in [2.75, 3.05) is 12.8 Å². The maximum absolute atomic E-state index is 5.47. The number of ether oxygens (including phenoxy) is 1. The van der Waals surface area contributed by atoms with Crippen molar-refractivity contribution in [2.24, 2.45) is 0 Å². The largest absolute Gasteiger partial charge is 0.497 e. The SMILES string of the molecule is COc1ccnc(-c2nnc(N)s2)c1. The van der Waals surface area contributed by atoms with E-state index in [1.807, 2.05) is 0 Å². The molecule has 0 aliphatic heterocycles. The van der Waals surface area contributed by atoms with Crippen LogP contribution in [0, 0.1) is 0 Å². The molecule has 0 spiro atoms. The highest BCUT2D eigenvalue weighted by atomic mass is 32.1. The summed E-state index contributed by atoms with van der Waals surface area (Å²) in [4.78, 5) is 4.14. The van der Waals surface area contributed by atoms with Gasteiger partial charge in [-0.2, -0.15) is 0 Å². The van der Waals surface area contributed by atoms with Crippen molar-refractivity contribution >= 4 is 16.5 Å². The first-order valence-electron chi connectivity index (χ1n) is 3.89. The van der Waals surface area contributed by atoms with Gasteiger partial charge in [-0.3, -0.25) is 4.98 Å². The number of nitrogen functional groups attached to an aromatic ring is 1. The summed E-state index contributed by atoms with van der Waals surface area (Å²) in [5.74, 6) is 0.740. The van der Waals surface area contributed by atoms with Gasteiger partial charge in [0, 0.05) is 12.3 Å². The predicted molar refractivity (Wildman–Crippen MR) is 54.1 cm³/mol. The first-order chi connectivity index (χ1) is 6.79. The summed E-state index contributed by atoms with van der Waals surface area (Å²) < 4.78 is 5.07. The molecule has 2 N–H and O–H groups in total. The molecule has 2 heterocycles. The summed E-state index contributed by atoms with van der Waals surface area (Å²) in [5, 5.41) is 8.73. The van der Waals surface area contributed by atoms with Crippen molar-refractivity contribution in [3.8, 4) is 16.5 Å². The van der Waals surface area contributed by atoms with Crippen LogP contribution in [0.15, 0.2) is 18.3 Å². The molecule has 0 aromatic carbocycles. The van der Waals surface area contributed by atoms with Crippen LogP contribution in [0.3, 0.4) is 0 Å². The molecule has 0 radical (unpaired) electrons. The molecule has 6 heteroatoms. The van der Waals surface area contributed by atoms with E-state index >= 15 is 0 Å². The summed E-state index contributed by atoms with van der Waals surface area (Å²) in [7, 11) is 1.60. The van der Waals surface area contributed by atoms with Gasteiger partial charge in [-0.1, -0.05) is 11.3 Å². The summed E-state index contributed by atoms with van der Waals surface area (Å²) in [6.07, 6.45) is 1.66. The Labute approximate surface area is 84.6 Å². The van der Waals surface area contributed by atoms with Gasteiger partial charge in [-0.25, -0.2) is 0 Å². The Bertz CT molecular complexity index is 442. The molecule has 2 aromatic heterocycles. The molecule has 2 aromatic rings. The Balaban J connectivity index is 2.41. The summed E-state index contributed by atoms with van der Waals surface area (Å²) >= 11 is 1.30. The minimum absolute atomic E-state index is 0.435. The summed E-state index contributed by atoms with van der Waals surface area (Å²) in [6.45, 7) is 0. The van der Waals surface area contributed by atoms with Gasteiger partial charge >= 0.3 is 0 Å². The van der Waals surface area contributed by atoms with E-state index in [2.05, 4.69) is 15.2 Å². The lowest BCUT2D eigenvalue weighted by Gasteiger charge is -1.99. The molecule has 0 fully saturated rings. The number of pyridine rings is 1. The Hall–Kier alpha value is -1.69. The zero-order valence-electron chi connectivity index (χ0n) is 7.47. The Morgan fingerprint density at radius 1 is 1.43 bits per heavy atom. The third-order valence-electron chi connectivity index (χ3n) is 1.63. The fraction of sp³-hybridized carbons (Fsp3) is 0.125. The second-order valence-corrected chi connectivity index (χ2v) is 3.54. The average molecular weight is 208 g/mol. The van der Waals surface area contributed by atoms with Gasteiger partial charge < -0.3 is 10.5 Å². The molecule has 0 unspecified atom stereocenters. The Morgan fingerprint density at radius 2 is 2.29 bits per heavy atom. The number of aromatic nitrogens is 3. The molecule has 0 bridgehead atoms. The molecule has 0 atom stereocenters. The van der Waals surface area contributed by atoms with Crippen molar-refractivity contribution in [2.45, 2.75) is 0 Å². The van der Waals surface area contributed by atoms with Gasteiger partial charge in [0.15, 0.2) is 5.01 Å². The second kappa shape index (κ2) is 3.59.